The van der Waals surface area contributed by atoms with E-state index in [0.29, 0.717) is 0 Å². The Kier molecular flexibility index (Phi) is 5.89. The first-order valence-corrected chi connectivity index (χ1v) is 6.06. The zero-order chi connectivity index (χ0) is 15.1. The molecule has 0 amide bonds. The number of esters is 1. The number of carbonyl (C=O) groups is 2. The van der Waals surface area contributed by atoms with Crippen LogP contribution in [0.25, 0.3) is 0 Å². The Bertz CT molecular complexity index is 485. The number of likely N-dealkylation sites (N-methyl/N-ethyl adjacent to an activating group) is 1. The van der Waals surface area contributed by atoms with Crippen LogP contribution in [-0.2, 0) is 14.3 Å². The van der Waals surface area contributed by atoms with E-state index in [2.05, 4.69) is 0 Å². The first-order valence-electron chi connectivity index (χ1n) is 6.06. The molecule has 0 saturated carbocycles. The van der Waals surface area contributed by atoms with Crippen LogP contribution in [0.3, 0.4) is 0 Å². The zero-order valence-electron chi connectivity index (χ0n) is 11.4. The average molecular weight is 278 g/mol. The molecule has 108 valence electrons. The maximum absolute atomic E-state index is 11.6. The number of carboxylic acid groups (broad SMARTS) is 1. The summed E-state index contributed by atoms with van der Waals surface area (Å²) < 4.78 is 5.30. The maximum Gasteiger partial charge on any atom is 0.331 e. The number of rotatable bonds is 6. The second-order valence-electron chi connectivity index (χ2n) is 4.35. The molecule has 0 saturated heterocycles. The smallest absolute Gasteiger partial charge is 0.331 e. The predicted octanol–water partition coefficient (Wildman–Crippen LogP) is 1.11. The largest absolute Gasteiger partial charge is 0.478 e. The third-order valence-electron chi connectivity index (χ3n) is 2.81. The summed E-state index contributed by atoms with van der Waals surface area (Å²) in [5.74, 6) is 3.77. The highest BCUT2D eigenvalue weighted by Gasteiger charge is 2.24. The van der Waals surface area contributed by atoms with Gasteiger partial charge < -0.3 is 9.84 Å². The Morgan fingerprint density at radius 3 is 2.40 bits per heavy atom. The summed E-state index contributed by atoms with van der Waals surface area (Å²) in [7, 11) is 1.67. The average Bonchev–Trinajstić information content (AvgIpc) is 2.42. The number of hydrazine groups is 1. The molecule has 20 heavy (non-hydrogen) atoms. The van der Waals surface area contributed by atoms with Crippen molar-refractivity contribution in [2.75, 3.05) is 7.05 Å². The molecular weight excluding hydrogens is 260 g/mol. The number of hydrogen-bond donors (Lipinski definition) is 2. The molecule has 0 aliphatic rings. The molecule has 0 heterocycles. The van der Waals surface area contributed by atoms with Gasteiger partial charge in [0.05, 0.1) is 6.04 Å². The second kappa shape index (κ2) is 7.42. The number of nitrogens with two attached hydrogens (primary N) is 1. The van der Waals surface area contributed by atoms with Crippen molar-refractivity contribution in [1.29, 1.82) is 0 Å². The van der Waals surface area contributed by atoms with Crippen LogP contribution in [0.5, 0.6) is 0 Å². The van der Waals surface area contributed by atoms with Gasteiger partial charge in [-0.2, -0.15) is 0 Å². The van der Waals surface area contributed by atoms with Crippen LogP contribution in [0.2, 0.25) is 0 Å². The van der Waals surface area contributed by atoms with Crippen LogP contribution >= 0.6 is 0 Å². The molecule has 0 spiro atoms. The molecule has 0 radical (unpaired) electrons. The molecule has 0 aliphatic heterocycles. The molecule has 6 heteroatoms. The molecular formula is C14H18N2O4. The summed E-state index contributed by atoms with van der Waals surface area (Å²) in [5, 5.41) is 9.92. The van der Waals surface area contributed by atoms with Gasteiger partial charge in [0, 0.05) is 19.2 Å². The van der Waals surface area contributed by atoms with E-state index in [4.69, 9.17) is 15.7 Å². The van der Waals surface area contributed by atoms with Crippen molar-refractivity contribution in [3.63, 3.8) is 0 Å². The lowest BCUT2D eigenvalue weighted by Crippen LogP contribution is -2.40. The molecule has 1 rings (SSSR count). The lowest BCUT2D eigenvalue weighted by atomic mass is 10.0. The first-order chi connectivity index (χ1) is 9.41. The SMILES string of the molecule is C[C@@H]([C@H](OC(=O)/C=C\C(=O)O)c1ccccc1)N(C)N. The summed E-state index contributed by atoms with van der Waals surface area (Å²) in [6, 6.07) is 8.87. The van der Waals surface area contributed by atoms with Crippen LogP contribution in [-0.4, -0.2) is 35.1 Å². The number of aliphatic carboxylic acids is 1. The van der Waals surface area contributed by atoms with Gasteiger partial charge >= 0.3 is 11.9 Å². The minimum Gasteiger partial charge on any atom is -0.478 e. The predicted molar refractivity (Wildman–Crippen MR) is 73.5 cm³/mol. The number of carboxylic acids is 1. The van der Waals surface area contributed by atoms with Gasteiger partial charge in [0.15, 0.2) is 0 Å². The van der Waals surface area contributed by atoms with Crippen LogP contribution in [0.1, 0.15) is 18.6 Å². The van der Waals surface area contributed by atoms with Gasteiger partial charge in [-0.3, -0.25) is 5.84 Å². The van der Waals surface area contributed by atoms with E-state index in [1.807, 2.05) is 37.3 Å². The van der Waals surface area contributed by atoms with E-state index >= 15 is 0 Å². The van der Waals surface area contributed by atoms with Gasteiger partial charge in [0.1, 0.15) is 6.10 Å². The van der Waals surface area contributed by atoms with Crippen molar-refractivity contribution in [3.05, 3.63) is 48.0 Å². The Morgan fingerprint density at radius 1 is 1.30 bits per heavy atom. The number of nitrogens with zero attached hydrogens (tertiary/aromatic N) is 1. The maximum atomic E-state index is 11.6. The summed E-state index contributed by atoms with van der Waals surface area (Å²) in [4.78, 5) is 22.0. The second-order valence-corrected chi connectivity index (χ2v) is 4.35. The van der Waals surface area contributed by atoms with Gasteiger partial charge in [-0.05, 0) is 12.5 Å². The number of hydrogen-bond acceptors (Lipinski definition) is 5. The van der Waals surface area contributed by atoms with Gasteiger partial charge in [0.2, 0.25) is 0 Å². The Morgan fingerprint density at radius 2 is 1.90 bits per heavy atom. The lowest BCUT2D eigenvalue weighted by Gasteiger charge is -2.28. The third-order valence-corrected chi connectivity index (χ3v) is 2.81. The van der Waals surface area contributed by atoms with Crippen molar-refractivity contribution in [2.45, 2.75) is 19.1 Å². The molecule has 0 aromatic heterocycles. The Balaban J connectivity index is 2.89. The van der Waals surface area contributed by atoms with Gasteiger partial charge in [-0.15, -0.1) is 0 Å². The van der Waals surface area contributed by atoms with Crippen molar-refractivity contribution in [3.8, 4) is 0 Å². The number of benzene rings is 1. The molecule has 0 unspecified atom stereocenters. The van der Waals surface area contributed by atoms with E-state index < -0.39 is 18.0 Å². The van der Waals surface area contributed by atoms with E-state index in [-0.39, 0.29) is 6.04 Å². The molecule has 3 N–H and O–H groups in total. The normalized spacial score (nSPS) is 14.2. The number of ether oxygens (including phenoxy) is 1. The van der Waals surface area contributed by atoms with Crippen molar-refractivity contribution < 1.29 is 19.4 Å². The highest BCUT2D eigenvalue weighted by atomic mass is 16.5. The van der Waals surface area contributed by atoms with Crippen LogP contribution in [0.15, 0.2) is 42.5 Å². The van der Waals surface area contributed by atoms with Gasteiger partial charge in [0.25, 0.3) is 0 Å². The van der Waals surface area contributed by atoms with E-state index in [1.165, 1.54) is 5.01 Å². The Hall–Kier alpha value is -2.18. The van der Waals surface area contributed by atoms with Crippen LogP contribution < -0.4 is 5.84 Å². The molecule has 2 atom stereocenters. The standard InChI is InChI=1S/C14H18N2O4/c1-10(16(2)15)14(11-6-4-3-5-7-11)20-13(19)9-8-12(17)18/h3-10,14H,15H2,1-2H3,(H,17,18)/b9-8-/t10-,14-/m0/s1. The summed E-state index contributed by atoms with van der Waals surface area (Å²) in [5.41, 5.74) is 0.786. The summed E-state index contributed by atoms with van der Waals surface area (Å²) in [6.07, 6.45) is 1.03. The van der Waals surface area contributed by atoms with E-state index in [9.17, 15) is 9.59 Å². The molecule has 1 aromatic rings. The van der Waals surface area contributed by atoms with Crippen LogP contribution in [0.4, 0.5) is 0 Å². The topological polar surface area (TPSA) is 92.9 Å². The van der Waals surface area contributed by atoms with Gasteiger partial charge in [-0.1, -0.05) is 30.3 Å². The molecule has 1 aromatic carbocycles. The highest BCUT2D eigenvalue weighted by Crippen LogP contribution is 2.23. The quantitative estimate of drug-likeness (QED) is 0.350. The molecule has 0 bridgehead atoms. The Labute approximate surface area is 117 Å². The summed E-state index contributed by atoms with van der Waals surface area (Å²) >= 11 is 0. The fourth-order valence-electron chi connectivity index (χ4n) is 1.61. The molecule has 0 aliphatic carbocycles. The lowest BCUT2D eigenvalue weighted by molar-refractivity contribution is -0.147. The third kappa shape index (κ3) is 4.83. The highest BCUT2D eigenvalue weighted by molar-refractivity contribution is 5.90. The fraction of sp³-hybridized carbons (Fsp3) is 0.286. The van der Waals surface area contributed by atoms with Crippen molar-refractivity contribution in [1.82, 2.24) is 5.01 Å². The fourth-order valence-corrected chi connectivity index (χ4v) is 1.61. The minimum atomic E-state index is -1.21. The first kappa shape index (κ1) is 15.9. The molecule has 6 nitrogen and oxygen atoms in total. The zero-order valence-corrected chi connectivity index (χ0v) is 11.4. The van der Waals surface area contributed by atoms with Crippen molar-refractivity contribution >= 4 is 11.9 Å². The monoisotopic (exact) mass is 278 g/mol. The van der Waals surface area contributed by atoms with Crippen LogP contribution in [0, 0.1) is 0 Å². The summed E-state index contributed by atoms with van der Waals surface area (Å²) in [6.45, 7) is 1.81. The van der Waals surface area contributed by atoms with Gasteiger partial charge in [-0.25, -0.2) is 14.6 Å². The van der Waals surface area contributed by atoms with Crippen molar-refractivity contribution in [2.24, 2.45) is 5.84 Å². The number of carbonyl (C=O) groups excluding carboxylic acids is 1. The molecule has 0 fully saturated rings. The minimum absolute atomic E-state index is 0.264. The van der Waals surface area contributed by atoms with E-state index in [0.717, 1.165) is 17.7 Å². The van der Waals surface area contributed by atoms with E-state index in [1.54, 1.807) is 7.05 Å².